The Morgan fingerprint density at radius 3 is 2.12 bits per heavy atom. The van der Waals surface area contributed by atoms with E-state index in [1.165, 1.54) is 0 Å². The molecule has 0 atom stereocenters. The van der Waals surface area contributed by atoms with Crippen molar-refractivity contribution in [2.45, 2.75) is 33.1 Å². The van der Waals surface area contributed by atoms with E-state index < -0.39 is 10.0 Å². The Morgan fingerprint density at radius 1 is 1.00 bits per heavy atom. The normalized spacial score (nSPS) is 20.1. The molecule has 1 aliphatic rings. The maximum atomic E-state index is 11.9. The molecule has 1 aliphatic heterocycles. The second-order valence-electron chi connectivity index (χ2n) is 4.41. The summed E-state index contributed by atoms with van der Waals surface area (Å²) in [5.41, 5.74) is 0. The van der Waals surface area contributed by atoms with Crippen molar-refractivity contribution < 1.29 is 8.42 Å². The largest absolute Gasteiger partial charge is 0.301 e. The number of nitrogens with zero attached hydrogens (tertiary/aromatic N) is 2. The van der Waals surface area contributed by atoms with Crippen LogP contribution in [0.1, 0.15) is 33.1 Å². The van der Waals surface area contributed by atoms with Gasteiger partial charge in [0.2, 0.25) is 10.0 Å². The standard InChI is InChI=1S/C11H24N2O2S/c1-3-5-11-16(14,15)13-9-7-12(6-4-2)8-10-13/h3-11H2,1-2H3. The van der Waals surface area contributed by atoms with Crippen molar-refractivity contribution in [2.24, 2.45) is 0 Å². The Kier molecular flexibility index (Phi) is 5.72. The van der Waals surface area contributed by atoms with E-state index in [9.17, 15) is 8.42 Å². The molecule has 96 valence electrons. The molecule has 0 amide bonds. The molecule has 1 fully saturated rings. The van der Waals surface area contributed by atoms with Gasteiger partial charge in [-0.3, -0.25) is 0 Å². The van der Waals surface area contributed by atoms with E-state index in [0.717, 1.165) is 38.9 Å². The van der Waals surface area contributed by atoms with E-state index in [2.05, 4.69) is 11.8 Å². The van der Waals surface area contributed by atoms with Crippen molar-refractivity contribution in [1.82, 2.24) is 9.21 Å². The van der Waals surface area contributed by atoms with Crippen LogP contribution in [0.15, 0.2) is 0 Å². The summed E-state index contributed by atoms with van der Waals surface area (Å²) < 4.78 is 25.5. The van der Waals surface area contributed by atoms with Gasteiger partial charge in [0, 0.05) is 26.2 Å². The number of hydrogen-bond acceptors (Lipinski definition) is 3. The van der Waals surface area contributed by atoms with Gasteiger partial charge in [-0.1, -0.05) is 20.3 Å². The third kappa shape index (κ3) is 4.03. The fraction of sp³-hybridized carbons (Fsp3) is 1.00. The first-order chi connectivity index (χ1) is 7.60. The number of sulfonamides is 1. The predicted molar refractivity (Wildman–Crippen MR) is 67.0 cm³/mol. The highest BCUT2D eigenvalue weighted by Crippen LogP contribution is 2.09. The summed E-state index contributed by atoms with van der Waals surface area (Å²) in [5.74, 6) is 0.317. The quantitative estimate of drug-likeness (QED) is 0.708. The second-order valence-corrected chi connectivity index (χ2v) is 6.50. The predicted octanol–water partition coefficient (Wildman–Crippen LogP) is 1.14. The van der Waals surface area contributed by atoms with Crippen LogP contribution in [0.25, 0.3) is 0 Å². The van der Waals surface area contributed by atoms with Gasteiger partial charge in [-0.25, -0.2) is 8.42 Å². The van der Waals surface area contributed by atoms with E-state index in [0.29, 0.717) is 18.8 Å². The Morgan fingerprint density at radius 2 is 1.62 bits per heavy atom. The summed E-state index contributed by atoms with van der Waals surface area (Å²) in [6.45, 7) is 8.39. The summed E-state index contributed by atoms with van der Waals surface area (Å²) in [5, 5.41) is 0. The molecule has 1 heterocycles. The fourth-order valence-electron chi connectivity index (χ4n) is 2.00. The highest BCUT2D eigenvalue weighted by Gasteiger charge is 2.25. The Bertz CT molecular complexity index is 282. The van der Waals surface area contributed by atoms with Crippen molar-refractivity contribution in [3.63, 3.8) is 0 Å². The summed E-state index contributed by atoms with van der Waals surface area (Å²) in [7, 11) is -2.98. The van der Waals surface area contributed by atoms with Crippen molar-refractivity contribution in [3.05, 3.63) is 0 Å². The average Bonchev–Trinajstić information content (AvgIpc) is 2.28. The first-order valence-corrected chi connectivity index (χ1v) is 7.91. The average molecular weight is 248 g/mol. The van der Waals surface area contributed by atoms with Gasteiger partial charge in [0.15, 0.2) is 0 Å². The Hall–Kier alpha value is -0.130. The first kappa shape index (κ1) is 13.9. The minimum Gasteiger partial charge on any atom is -0.301 e. The van der Waals surface area contributed by atoms with Crippen LogP contribution in [0, 0.1) is 0 Å². The van der Waals surface area contributed by atoms with Gasteiger partial charge < -0.3 is 4.90 Å². The number of piperazine rings is 1. The molecular formula is C11H24N2O2S. The maximum Gasteiger partial charge on any atom is 0.214 e. The highest BCUT2D eigenvalue weighted by atomic mass is 32.2. The van der Waals surface area contributed by atoms with Gasteiger partial charge in [-0.2, -0.15) is 4.31 Å². The Labute approximate surface area is 99.7 Å². The molecule has 0 aliphatic carbocycles. The molecule has 5 heteroatoms. The third-order valence-corrected chi connectivity index (χ3v) is 4.98. The highest BCUT2D eigenvalue weighted by molar-refractivity contribution is 7.89. The van der Waals surface area contributed by atoms with Crippen molar-refractivity contribution in [1.29, 1.82) is 0 Å². The van der Waals surface area contributed by atoms with Crippen LogP contribution >= 0.6 is 0 Å². The Balaban J connectivity index is 2.40. The summed E-state index contributed by atoms with van der Waals surface area (Å²) in [4.78, 5) is 2.34. The van der Waals surface area contributed by atoms with E-state index in [1.54, 1.807) is 4.31 Å². The van der Waals surface area contributed by atoms with E-state index in [1.807, 2.05) is 6.92 Å². The summed E-state index contributed by atoms with van der Waals surface area (Å²) in [6.07, 6.45) is 2.86. The van der Waals surface area contributed by atoms with Crippen LogP contribution < -0.4 is 0 Å². The second kappa shape index (κ2) is 6.57. The van der Waals surface area contributed by atoms with Crippen molar-refractivity contribution >= 4 is 10.0 Å². The van der Waals surface area contributed by atoms with Crippen LogP contribution in [-0.2, 0) is 10.0 Å². The molecule has 0 saturated carbocycles. The molecule has 0 bridgehead atoms. The third-order valence-electron chi connectivity index (χ3n) is 3.02. The molecule has 1 rings (SSSR count). The number of unbranched alkanes of at least 4 members (excludes halogenated alkanes) is 1. The molecule has 16 heavy (non-hydrogen) atoms. The van der Waals surface area contributed by atoms with Crippen LogP contribution in [0.4, 0.5) is 0 Å². The molecule has 0 unspecified atom stereocenters. The molecule has 4 nitrogen and oxygen atoms in total. The van der Waals surface area contributed by atoms with E-state index in [-0.39, 0.29) is 0 Å². The monoisotopic (exact) mass is 248 g/mol. The molecule has 1 saturated heterocycles. The van der Waals surface area contributed by atoms with Crippen LogP contribution in [0.5, 0.6) is 0 Å². The topological polar surface area (TPSA) is 40.6 Å². The van der Waals surface area contributed by atoms with Crippen molar-refractivity contribution in [3.8, 4) is 0 Å². The van der Waals surface area contributed by atoms with Gasteiger partial charge in [-0.15, -0.1) is 0 Å². The molecule has 0 aromatic rings. The minimum absolute atomic E-state index is 0.317. The van der Waals surface area contributed by atoms with E-state index >= 15 is 0 Å². The molecule has 0 radical (unpaired) electrons. The number of rotatable bonds is 6. The van der Waals surface area contributed by atoms with Gasteiger partial charge in [-0.05, 0) is 19.4 Å². The van der Waals surface area contributed by atoms with Crippen molar-refractivity contribution in [2.75, 3.05) is 38.5 Å². The van der Waals surface area contributed by atoms with Gasteiger partial charge in [0.25, 0.3) is 0 Å². The van der Waals surface area contributed by atoms with Crippen LogP contribution in [-0.4, -0.2) is 56.1 Å². The lowest BCUT2D eigenvalue weighted by atomic mass is 10.3. The zero-order valence-corrected chi connectivity index (χ0v) is 11.3. The van der Waals surface area contributed by atoms with E-state index in [4.69, 9.17) is 0 Å². The van der Waals surface area contributed by atoms with Gasteiger partial charge >= 0.3 is 0 Å². The van der Waals surface area contributed by atoms with Crippen LogP contribution in [0.2, 0.25) is 0 Å². The lowest BCUT2D eigenvalue weighted by Crippen LogP contribution is -2.49. The maximum absolute atomic E-state index is 11.9. The first-order valence-electron chi connectivity index (χ1n) is 6.30. The van der Waals surface area contributed by atoms with Crippen LogP contribution in [0.3, 0.4) is 0 Å². The smallest absolute Gasteiger partial charge is 0.214 e. The SMILES string of the molecule is CCCCS(=O)(=O)N1CCN(CCC)CC1. The lowest BCUT2D eigenvalue weighted by Gasteiger charge is -2.33. The molecule has 0 spiro atoms. The zero-order valence-electron chi connectivity index (χ0n) is 10.5. The minimum atomic E-state index is -2.98. The lowest BCUT2D eigenvalue weighted by molar-refractivity contribution is 0.188. The molecular weight excluding hydrogens is 224 g/mol. The van der Waals surface area contributed by atoms with Gasteiger partial charge in [0.05, 0.1) is 5.75 Å². The fourth-order valence-corrected chi connectivity index (χ4v) is 3.63. The summed E-state index contributed by atoms with van der Waals surface area (Å²) in [6, 6.07) is 0. The summed E-state index contributed by atoms with van der Waals surface area (Å²) >= 11 is 0. The number of hydrogen-bond donors (Lipinski definition) is 0. The molecule has 0 aromatic carbocycles. The zero-order chi connectivity index (χ0) is 12.0. The molecule has 0 aromatic heterocycles. The molecule has 0 N–H and O–H groups in total. The van der Waals surface area contributed by atoms with Gasteiger partial charge in [0.1, 0.15) is 0 Å².